The van der Waals surface area contributed by atoms with Crippen LogP contribution in [-0.2, 0) is 6.61 Å². The highest BCUT2D eigenvalue weighted by Gasteiger charge is 2.33. The van der Waals surface area contributed by atoms with E-state index in [0.717, 1.165) is 41.7 Å². The van der Waals surface area contributed by atoms with Crippen LogP contribution in [0.3, 0.4) is 0 Å². The molecule has 0 amide bonds. The molecule has 156 valence electrons. The summed E-state index contributed by atoms with van der Waals surface area (Å²) in [6, 6.07) is 21.9. The molecule has 30 heavy (non-hydrogen) atoms. The summed E-state index contributed by atoms with van der Waals surface area (Å²) in [4.78, 5) is 10.2. The number of para-hydroxylation sites is 1. The molecular formula is C26H31N3O. The maximum Gasteiger partial charge on any atom is 0.129 e. The van der Waals surface area contributed by atoms with Gasteiger partial charge in [-0.25, -0.2) is 4.98 Å². The lowest BCUT2D eigenvalue weighted by molar-refractivity contribution is 0.159. The normalized spacial score (nSPS) is 22.4. The summed E-state index contributed by atoms with van der Waals surface area (Å²) >= 11 is 0. The highest BCUT2D eigenvalue weighted by molar-refractivity contribution is 5.81. The van der Waals surface area contributed by atoms with Gasteiger partial charge in [-0.15, -0.1) is 0 Å². The summed E-state index contributed by atoms with van der Waals surface area (Å²) in [5.41, 5.74) is 2.22. The van der Waals surface area contributed by atoms with Gasteiger partial charge in [0.2, 0.25) is 0 Å². The fourth-order valence-corrected chi connectivity index (χ4v) is 4.50. The summed E-state index contributed by atoms with van der Waals surface area (Å²) in [5, 5.41) is 1.17. The molecule has 0 unspecified atom stereocenters. The Morgan fingerprint density at radius 2 is 1.77 bits per heavy atom. The zero-order valence-corrected chi connectivity index (χ0v) is 18.0. The van der Waals surface area contributed by atoms with Gasteiger partial charge in [0.25, 0.3) is 0 Å². The maximum absolute atomic E-state index is 5.89. The van der Waals surface area contributed by atoms with Crippen molar-refractivity contribution in [1.29, 1.82) is 0 Å². The first-order valence-corrected chi connectivity index (χ1v) is 11.2. The second-order valence-electron chi connectivity index (χ2n) is 9.05. The van der Waals surface area contributed by atoms with Gasteiger partial charge < -0.3 is 9.64 Å². The number of hydrogen-bond donors (Lipinski definition) is 0. The van der Waals surface area contributed by atoms with E-state index >= 15 is 0 Å². The van der Waals surface area contributed by atoms with Crippen molar-refractivity contribution in [3.05, 3.63) is 66.2 Å². The molecule has 2 atom stereocenters. The molecule has 2 heterocycles. The lowest BCUT2D eigenvalue weighted by atomic mass is 10.1. The van der Waals surface area contributed by atoms with Crippen LogP contribution in [0.25, 0.3) is 10.9 Å². The minimum absolute atomic E-state index is 0.489. The molecule has 5 rings (SSSR count). The molecule has 3 aromatic rings. The third kappa shape index (κ3) is 4.29. The molecule has 0 bridgehead atoms. The molecule has 0 spiro atoms. The summed E-state index contributed by atoms with van der Waals surface area (Å²) < 4.78 is 5.89. The molecule has 1 aliphatic carbocycles. The minimum atomic E-state index is 0.489. The van der Waals surface area contributed by atoms with E-state index in [-0.39, 0.29) is 0 Å². The average molecular weight is 402 g/mol. The van der Waals surface area contributed by atoms with Gasteiger partial charge in [0, 0.05) is 37.1 Å². The number of aromatic nitrogens is 1. The van der Waals surface area contributed by atoms with Crippen LogP contribution in [-0.4, -0.2) is 41.6 Å². The number of anilines is 1. The molecule has 1 aliphatic heterocycles. The van der Waals surface area contributed by atoms with Crippen LogP contribution < -0.4 is 9.64 Å². The number of piperazine rings is 1. The number of nitrogens with zero attached hydrogens (tertiary/aromatic N) is 3. The maximum atomic E-state index is 5.89. The first-order valence-electron chi connectivity index (χ1n) is 11.2. The smallest absolute Gasteiger partial charge is 0.129 e. The van der Waals surface area contributed by atoms with Crippen molar-refractivity contribution in [2.45, 2.75) is 45.4 Å². The van der Waals surface area contributed by atoms with Gasteiger partial charge in [0.15, 0.2) is 0 Å². The van der Waals surface area contributed by atoms with Crippen molar-refractivity contribution in [3.8, 4) is 5.75 Å². The van der Waals surface area contributed by atoms with E-state index < -0.39 is 0 Å². The Morgan fingerprint density at radius 1 is 0.933 bits per heavy atom. The fourth-order valence-electron chi connectivity index (χ4n) is 4.50. The first-order chi connectivity index (χ1) is 14.7. The third-order valence-electron chi connectivity index (χ3n) is 6.49. The highest BCUT2D eigenvalue weighted by Crippen LogP contribution is 2.32. The molecule has 1 aromatic heterocycles. The summed E-state index contributed by atoms with van der Waals surface area (Å²) in [6.07, 6.45) is 2.85. The van der Waals surface area contributed by atoms with Crippen LogP contribution in [0.4, 0.5) is 5.82 Å². The van der Waals surface area contributed by atoms with Crippen molar-refractivity contribution in [2.75, 3.05) is 24.5 Å². The molecule has 0 radical (unpaired) electrons. The zero-order chi connectivity index (χ0) is 20.5. The molecule has 0 N–H and O–H groups in total. The zero-order valence-electron chi connectivity index (χ0n) is 18.0. The van der Waals surface area contributed by atoms with E-state index in [1.165, 1.54) is 24.8 Å². The van der Waals surface area contributed by atoms with Crippen LogP contribution in [0.15, 0.2) is 60.7 Å². The number of hydrogen-bond acceptors (Lipinski definition) is 4. The Hall–Kier alpha value is -2.59. The fraction of sp³-hybridized carbons (Fsp3) is 0.423. The van der Waals surface area contributed by atoms with Crippen molar-refractivity contribution < 1.29 is 4.74 Å². The van der Waals surface area contributed by atoms with Gasteiger partial charge in [0.1, 0.15) is 18.2 Å². The average Bonchev–Trinajstić information content (AvgIpc) is 3.59. The first kappa shape index (κ1) is 19.4. The molecule has 1 saturated heterocycles. The Labute approximate surface area is 179 Å². The predicted octanol–water partition coefficient (Wildman–Crippen LogP) is 5.12. The lowest BCUT2D eigenvalue weighted by Crippen LogP contribution is -2.57. The third-order valence-corrected chi connectivity index (χ3v) is 6.49. The van der Waals surface area contributed by atoms with E-state index in [2.05, 4.69) is 54.0 Å². The highest BCUT2D eigenvalue weighted by atomic mass is 16.5. The SMILES string of the molecule is C[C@@H]1CN(c2ccc3cc(COc4ccccc4)ccc3n2)[C@@H](C)CN1CC1CC1. The van der Waals surface area contributed by atoms with Crippen molar-refractivity contribution >= 4 is 16.7 Å². The van der Waals surface area contributed by atoms with Gasteiger partial charge in [-0.1, -0.05) is 24.3 Å². The quantitative estimate of drug-likeness (QED) is 0.573. The second-order valence-corrected chi connectivity index (χ2v) is 9.05. The Morgan fingerprint density at radius 3 is 2.57 bits per heavy atom. The molecule has 1 saturated carbocycles. The van der Waals surface area contributed by atoms with Crippen molar-refractivity contribution in [1.82, 2.24) is 9.88 Å². The van der Waals surface area contributed by atoms with Crippen LogP contribution >= 0.6 is 0 Å². The van der Waals surface area contributed by atoms with E-state index in [1.54, 1.807) is 0 Å². The van der Waals surface area contributed by atoms with Crippen molar-refractivity contribution in [3.63, 3.8) is 0 Å². The number of rotatable bonds is 6. The van der Waals surface area contributed by atoms with Crippen LogP contribution in [0.1, 0.15) is 32.3 Å². The van der Waals surface area contributed by atoms with Crippen LogP contribution in [0.2, 0.25) is 0 Å². The molecule has 4 heteroatoms. The van der Waals surface area contributed by atoms with Gasteiger partial charge in [-0.3, -0.25) is 4.90 Å². The number of ether oxygens (including phenoxy) is 1. The van der Waals surface area contributed by atoms with Crippen LogP contribution in [0, 0.1) is 5.92 Å². The monoisotopic (exact) mass is 401 g/mol. The van der Waals surface area contributed by atoms with E-state index in [1.807, 2.05) is 30.3 Å². The van der Waals surface area contributed by atoms with Crippen molar-refractivity contribution in [2.24, 2.45) is 5.92 Å². The molecule has 2 aromatic carbocycles. The molecular weight excluding hydrogens is 370 g/mol. The minimum Gasteiger partial charge on any atom is -0.489 e. The van der Waals surface area contributed by atoms with Gasteiger partial charge >= 0.3 is 0 Å². The van der Waals surface area contributed by atoms with E-state index in [0.29, 0.717) is 18.7 Å². The van der Waals surface area contributed by atoms with Crippen LogP contribution in [0.5, 0.6) is 5.75 Å². The van der Waals surface area contributed by atoms with Gasteiger partial charge in [0.05, 0.1) is 5.52 Å². The van der Waals surface area contributed by atoms with E-state index in [4.69, 9.17) is 9.72 Å². The second kappa shape index (κ2) is 8.27. The summed E-state index contributed by atoms with van der Waals surface area (Å²) in [6.45, 7) is 8.73. The number of fused-ring (bicyclic) bond motifs is 1. The molecule has 2 aliphatic rings. The lowest BCUT2D eigenvalue weighted by Gasteiger charge is -2.45. The standard InChI is InChI=1S/C26H31N3O/c1-19-16-29(20(2)15-28(19)17-21-8-9-21)26-13-11-23-14-22(10-12-25(23)27-26)18-30-24-6-4-3-5-7-24/h3-7,10-14,19-21H,8-9,15-18H2,1-2H3/t19-,20+/m1/s1. The van der Waals surface area contributed by atoms with Gasteiger partial charge in [-0.05, 0) is 74.6 Å². The summed E-state index contributed by atoms with van der Waals surface area (Å²) in [5.74, 6) is 2.95. The molecule has 2 fully saturated rings. The molecule has 4 nitrogen and oxygen atoms in total. The van der Waals surface area contributed by atoms with E-state index in [9.17, 15) is 0 Å². The van der Waals surface area contributed by atoms with Gasteiger partial charge in [-0.2, -0.15) is 0 Å². The Balaban J connectivity index is 1.29. The predicted molar refractivity (Wildman–Crippen MR) is 123 cm³/mol. The topological polar surface area (TPSA) is 28.6 Å². The Bertz CT molecular complexity index is 1000. The number of benzene rings is 2. The largest absolute Gasteiger partial charge is 0.489 e. The Kier molecular flexibility index (Phi) is 5.34. The number of pyridine rings is 1. The summed E-state index contributed by atoms with van der Waals surface area (Å²) in [7, 11) is 0.